The highest BCUT2D eigenvalue weighted by molar-refractivity contribution is 6.31. The largest absolute Gasteiger partial charge is 0.367 e. The molecule has 0 aliphatic carbocycles. The van der Waals surface area contributed by atoms with E-state index in [4.69, 9.17) is 20.9 Å². The Bertz CT molecular complexity index is 975. The number of nitrogens with zero attached hydrogens (tertiary/aromatic N) is 2. The van der Waals surface area contributed by atoms with Gasteiger partial charge in [0.15, 0.2) is 0 Å². The van der Waals surface area contributed by atoms with E-state index in [0.717, 1.165) is 23.1 Å². The van der Waals surface area contributed by atoms with Gasteiger partial charge in [-0.2, -0.15) is 4.98 Å². The van der Waals surface area contributed by atoms with Crippen molar-refractivity contribution in [2.24, 2.45) is 5.92 Å². The van der Waals surface area contributed by atoms with Crippen molar-refractivity contribution in [3.8, 4) is 11.4 Å². The van der Waals surface area contributed by atoms with Gasteiger partial charge in [0, 0.05) is 10.6 Å². The molecule has 2 aromatic carbocycles. The summed E-state index contributed by atoms with van der Waals surface area (Å²) < 4.78 is 11.0. The van der Waals surface area contributed by atoms with Crippen LogP contribution in [-0.2, 0) is 16.1 Å². The van der Waals surface area contributed by atoms with Gasteiger partial charge in [-0.3, -0.25) is 4.79 Å². The second-order valence-electron chi connectivity index (χ2n) is 7.33. The summed E-state index contributed by atoms with van der Waals surface area (Å²) in [6.45, 7) is 6.34. The number of halogens is 1. The molecule has 0 radical (unpaired) electrons. The summed E-state index contributed by atoms with van der Waals surface area (Å²) in [5, 5.41) is 7.69. The molecule has 0 unspecified atom stereocenters. The number of hydrogen-bond donors (Lipinski definition) is 1. The van der Waals surface area contributed by atoms with E-state index in [-0.39, 0.29) is 18.4 Å². The average molecular weight is 428 g/mol. The summed E-state index contributed by atoms with van der Waals surface area (Å²) in [5.74, 6) is 0.689. The standard InChI is InChI=1S/C23H26ClN3O3/c1-4-15(2)21(25-20(28)14-29-13-17-8-6-5-7-9-17)23-26-22(27-30-23)18-11-10-16(3)19(24)12-18/h5-12,15,21H,4,13-14H2,1-3H3,(H,25,28)/t15-,21-/m0/s1. The molecule has 0 spiro atoms. The lowest BCUT2D eigenvalue weighted by molar-refractivity contribution is -0.127. The number of amides is 1. The molecule has 30 heavy (non-hydrogen) atoms. The minimum atomic E-state index is -0.398. The molecular formula is C23H26ClN3O3. The van der Waals surface area contributed by atoms with Crippen LogP contribution in [0.2, 0.25) is 5.02 Å². The van der Waals surface area contributed by atoms with Gasteiger partial charge in [0.1, 0.15) is 12.6 Å². The maximum atomic E-state index is 12.5. The Morgan fingerprint density at radius 2 is 2.00 bits per heavy atom. The zero-order valence-electron chi connectivity index (χ0n) is 17.4. The van der Waals surface area contributed by atoms with Crippen molar-refractivity contribution in [3.63, 3.8) is 0 Å². The van der Waals surface area contributed by atoms with E-state index < -0.39 is 6.04 Å². The second kappa shape index (κ2) is 10.4. The molecule has 158 valence electrons. The van der Waals surface area contributed by atoms with Crippen molar-refractivity contribution in [3.05, 3.63) is 70.6 Å². The van der Waals surface area contributed by atoms with Gasteiger partial charge in [0.2, 0.25) is 17.6 Å². The molecule has 0 aliphatic rings. The van der Waals surface area contributed by atoms with Gasteiger partial charge in [-0.15, -0.1) is 0 Å². The second-order valence-corrected chi connectivity index (χ2v) is 7.74. The number of aromatic nitrogens is 2. The zero-order valence-corrected chi connectivity index (χ0v) is 18.1. The number of carbonyl (C=O) groups is 1. The van der Waals surface area contributed by atoms with Gasteiger partial charge in [0.25, 0.3) is 0 Å². The van der Waals surface area contributed by atoms with Crippen molar-refractivity contribution in [2.45, 2.75) is 39.8 Å². The molecule has 0 saturated heterocycles. The van der Waals surface area contributed by atoms with Gasteiger partial charge >= 0.3 is 0 Å². The number of aryl methyl sites for hydroxylation is 1. The highest BCUT2D eigenvalue weighted by atomic mass is 35.5. The number of ether oxygens (including phenoxy) is 1. The van der Waals surface area contributed by atoms with Crippen LogP contribution in [0.4, 0.5) is 0 Å². The van der Waals surface area contributed by atoms with Crippen LogP contribution in [0, 0.1) is 12.8 Å². The summed E-state index contributed by atoms with van der Waals surface area (Å²) in [4.78, 5) is 17.0. The van der Waals surface area contributed by atoms with E-state index in [0.29, 0.717) is 23.3 Å². The van der Waals surface area contributed by atoms with Crippen molar-refractivity contribution in [2.75, 3.05) is 6.61 Å². The first-order valence-corrected chi connectivity index (χ1v) is 10.4. The van der Waals surface area contributed by atoms with Crippen molar-refractivity contribution in [1.29, 1.82) is 0 Å². The minimum absolute atomic E-state index is 0.0452. The van der Waals surface area contributed by atoms with E-state index in [1.165, 1.54) is 0 Å². The molecule has 0 aliphatic heterocycles. The number of nitrogens with one attached hydrogen (secondary N) is 1. The fraction of sp³-hybridized carbons (Fsp3) is 0.348. The summed E-state index contributed by atoms with van der Waals surface area (Å²) in [7, 11) is 0. The van der Waals surface area contributed by atoms with Gasteiger partial charge in [-0.1, -0.05) is 79.5 Å². The predicted molar refractivity (Wildman–Crippen MR) is 116 cm³/mol. The van der Waals surface area contributed by atoms with Crippen LogP contribution in [0.1, 0.15) is 43.3 Å². The van der Waals surface area contributed by atoms with Gasteiger partial charge < -0.3 is 14.6 Å². The maximum Gasteiger partial charge on any atom is 0.249 e. The third kappa shape index (κ3) is 5.68. The summed E-state index contributed by atoms with van der Waals surface area (Å²) >= 11 is 6.21. The smallest absolute Gasteiger partial charge is 0.249 e. The normalized spacial score (nSPS) is 13.1. The Kier molecular flexibility index (Phi) is 7.60. The van der Waals surface area contributed by atoms with Crippen LogP contribution < -0.4 is 5.32 Å². The molecule has 3 aromatic rings. The van der Waals surface area contributed by atoms with E-state index in [1.54, 1.807) is 6.07 Å². The van der Waals surface area contributed by atoms with Crippen LogP contribution in [0.3, 0.4) is 0 Å². The molecule has 1 amide bonds. The molecule has 6 nitrogen and oxygen atoms in total. The van der Waals surface area contributed by atoms with Crippen LogP contribution in [0.5, 0.6) is 0 Å². The molecule has 2 atom stereocenters. The summed E-state index contributed by atoms with van der Waals surface area (Å²) in [6, 6.07) is 14.9. The van der Waals surface area contributed by atoms with Crippen LogP contribution in [0.25, 0.3) is 11.4 Å². The number of hydrogen-bond acceptors (Lipinski definition) is 5. The number of rotatable bonds is 9. The third-order valence-electron chi connectivity index (χ3n) is 5.01. The lowest BCUT2D eigenvalue weighted by Gasteiger charge is -2.20. The first-order chi connectivity index (χ1) is 14.5. The van der Waals surface area contributed by atoms with Crippen molar-refractivity contribution in [1.82, 2.24) is 15.5 Å². The van der Waals surface area contributed by atoms with Gasteiger partial charge in [-0.05, 0) is 30.0 Å². The Morgan fingerprint density at radius 3 is 2.70 bits per heavy atom. The Labute approximate surface area is 181 Å². The quantitative estimate of drug-likeness (QED) is 0.512. The van der Waals surface area contributed by atoms with Crippen molar-refractivity contribution < 1.29 is 14.1 Å². The van der Waals surface area contributed by atoms with E-state index in [9.17, 15) is 4.79 Å². The van der Waals surface area contributed by atoms with E-state index >= 15 is 0 Å². The Morgan fingerprint density at radius 1 is 1.23 bits per heavy atom. The highest BCUT2D eigenvalue weighted by Crippen LogP contribution is 2.27. The summed E-state index contributed by atoms with van der Waals surface area (Å²) in [6.07, 6.45) is 0.837. The molecule has 7 heteroatoms. The molecule has 3 rings (SSSR count). The first kappa shape index (κ1) is 22.0. The molecule has 0 saturated carbocycles. The highest BCUT2D eigenvalue weighted by Gasteiger charge is 2.26. The van der Waals surface area contributed by atoms with Crippen LogP contribution in [-0.4, -0.2) is 22.7 Å². The molecule has 0 fully saturated rings. The van der Waals surface area contributed by atoms with E-state index in [1.807, 2.05) is 63.2 Å². The Balaban J connectivity index is 1.66. The average Bonchev–Trinajstić information content (AvgIpc) is 3.24. The molecular weight excluding hydrogens is 402 g/mol. The fourth-order valence-electron chi connectivity index (χ4n) is 2.94. The van der Waals surface area contributed by atoms with E-state index in [2.05, 4.69) is 15.5 Å². The monoisotopic (exact) mass is 427 g/mol. The van der Waals surface area contributed by atoms with Crippen molar-refractivity contribution >= 4 is 17.5 Å². The Hall–Kier alpha value is -2.70. The number of carbonyl (C=O) groups excluding carboxylic acids is 1. The predicted octanol–water partition coefficient (Wildman–Crippen LogP) is 5.12. The number of benzene rings is 2. The zero-order chi connectivity index (χ0) is 21.5. The lowest BCUT2D eigenvalue weighted by Crippen LogP contribution is -2.35. The van der Waals surface area contributed by atoms with Gasteiger partial charge in [-0.25, -0.2) is 0 Å². The third-order valence-corrected chi connectivity index (χ3v) is 5.42. The molecule has 1 aromatic heterocycles. The van der Waals surface area contributed by atoms with Crippen LogP contribution in [0.15, 0.2) is 53.1 Å². The molecule has 1 N–H and O–H groups in total. The SMILES string of the molecule is CC[C@H](C)[C@H](NC(=O)COCc1ccccc1)c1nc(-c2ccc(C)c(Cl)c2)no1. The maximum absolute atomic E-state index is 12.5. The molecule has 0 bridgehead atoms. The van der Waals surface area contributed by atoms with Crippen LogP contribution >= 0.6 is 11.6 Å². The fourth-order valence-corrected chi connectivity index (χ4v) is 3.13. The topological polar surface area (TPSA) is 77.2 Å². The first-order valence-electron chi connectivity index (χ1n) is 9.99. The molecule has 1 heterocycles. The van der Waals surface area contributed by atoms with Gasteiger partial charge in [0.05, 0.1) is 6.61 Å². The lowest BCUT2D eigenvalue weighted by atomic mass is 9.99. The minimum Gasteiger partial charge on any atom is -0.367 e. The summed E-state index contributed by atoms with van der Waals surface area (Å²) in [5.41, 5.74) is 2.76.